The fourth-order valence-electron chi connectivity index (χ4n) is 4.49. The molecule has 1 spiro atoms. The average molecular weight is 301 g/mol. The molecule has 4 nitrogen and oxygen atoms in total. The highest BCUT2D eigenvalue weighted by Gasteiger charge is 2.47. The highest BCUT2D eigenvalue weighted by molar-refractivity contribution is 5.11. The van der Waals surface area contributed by atoms with Gasteiger partial charge in [0.15, 0.2) is 0 Å². The topological polar surface area (TPSA) is 28.6 Å². The summed E-state index contributed by atoms with van der Waals surface area (Å²) >= 11 is 0. The van der Waals surface area contributed by atoms with Crippen LogP contribution in [-0.2, 0) is 11.3 Å². The Morgan fingerprint density at radius 1 is 1.09 bits per heavy atom. The van der Waals surface area contributed by atoms with Gasteiger partial charge in [-0.1, -0.05) is 0 Å². The van der Waals surface area contributed by atoms with Crippen LogP contribution in [0.5, 0.6) is 0 Å². The standard InChI is InChI=1S/C18H27N3O/c1-6-19-7-2-16(1)11-20-8-5-18(13-20)14-21(15-18)12-17-3-9-22-10-4-17/h1-2,6-7,17H,3-5,8-15H2. The van der Waals surface area contributed by atoms with E-state index >= 15 is 0 Å². The zero-order chi connectivity index (χ0) is 14.8. The molecule has 4 heteroatoms. The number of hydrogen-bond donors (Lipinski definition) is 0. The van der Waals surface area contributed by atoms with Gasteiger partial charge in [-0.2, -0.15) is 0 Å². The van der Waals surface area contributed by atoms with Crippen molar-refractivity contribution in [3.8, 4) is 0 Å². The van der Waals surface area contributed by atoms with Gasteiger partial charge < -0.3 is 9.64 Å². The summed E-state index contributed by atoms with van der Waals surface area (Å²) in [5.41, 5.74) is 1.99. The van der Waals surface area contributed by atoms with Crippen LogP contribution in [0.3, 0.4) is 0 Å². The quantitative estimate of drug-likeness (QED) is 0.851. The van der Waals surface area contributed by atoms with E-state index in [-0.39, 0.29) is 0 Å². The van der Waals surface area contributed by atoms with E-state index in [0.717, 1.165) is 25.7 Å². The van der Waals surface area contributed by atoms with E-state index in [1.165, 1.54) is 57.5 Å². The molecule has 0 N–H and O–H groups in total. The third kappa shape index (κ3) is 3.19. The van der Waals surface area contributed by atoms with Crippen molar-refractivity contribution < 1.29 is 4.74 Å². The van der Waals surface area contributed by atoms with Crippen molar-refractivity contribution in [2.75, 3.05) is 45.9 Å². The predicted molar refractivity (Wildman–Crippen MR) is 86.5 cm³/mol. The normalized spacial score (nSPS) is 26.4. The van der Waals surface area contributed by atoms with Gasteiger partial charge >= 0.3 is 0 Å². The first-order valence-electron chi connectivity index (χ1n) is 8.73. The first-order valence-corrected chi connectivity index (χ1v) is 8.73. The smallest absolute Gasteiger partial charge is 0.0469 e. The Balaban J connectivity index is 1.24. The Morgan fingerprint density at radius 2 is 1.82 bits per heavy atom. The van der Waals surface area contributed by atoms with E-state index in [1.807, 2.05) is 12.4 Å². The molecule has 0 aromatic carbocycles. The second kappa shape index (κ2) is 6.26. The van der Waals surface area contributed by atoms with Crippen LogP contribution in [-0.4, -0.2) is 60.7 Å². The van der Waals surface area contributed by atoms with Gasteiger partial charge in [-0.25, -0.2) is 0 Å². The molecule has 1 aromatic rings. The van der Waals surface area contributed by atoms with Gasteiger partial charge in [-0.15, -0.1) is 0 Å². The fraction of sp³-hybridized carbons (Fsp3) is 0.722. The minimum Gasteiger partial charge on any atom is -0.381 e. The molecular weight excluding hydrogens is 274 g/mol. The summed E-state index contributed by atoms with van der Waals surface area (Å²) in [6, 6.07) is 4.28. The molecular formula is C18H27N3O. The Bertz CT molecular complexity index is 480. The second-order valence-corrected chi connectivity index (χ2v) is 7.54. The molecule has 0 atom stereocenters. The summed E-state index contributed by atoms with van der Waals surface area (Å²) in [5.74, 6) is 0.875. The lowest BCUT2D eigenvalue weighted by atomic mass is 9.78. The molecule has 0 amide bonds. The summed E-state index contributed by atoms with van der Waals surface area (Å²) in [7, 11) is 0. The van der Waals surface area contributed by atoms with Crippen molar-refractivity contribution in [3.05, 3.63) is 30.1 Å². The van der Waals surface area contributed by atoms with E-state index in [1.54, 1.807) is 0 Å². The SMILES string of the molecule is c1cc(CN2CCC3(C2)CN(CC2CCOCC2)C3)ccn1. The van der Waals surface area contributed by atoms with E-state index in [4.69, 9.17) is 4.74 Å². The number of ether oxygens (including phenoxy) is 1. The zero-order valence-corrected chi connectivity index (χ0v) is 13.4. The molecule has 3 aliphatic rings. The summed E-state index contributed by atoms with van der Waals surface area (Å²) in [6.07, 6.45) is 7.71. The number of pyridine rings is 1. The number of nitrogens with zero attached hydrogens (tertiary/aromatic N) is 3. The molecule has 3 aliphatic heterocycles. The molecule has 120 valence electrons. The van der Waals surface area contributed by atoms with Crippen LogP contribution in [0.2, 0.25) is 0 Å². The second-order valence-electron chi connectivity index (χ2n) is 7.54. The maximum Gasteiger partial charge on any atom is 0.0469 e. The lowest BCUT2D eigenvalue weighted by Gasteiger charge is -2.49. The summed E-state index contributed by atoms with van der Waals surface area (Å²) in [6.45, 7) is 9.51. The van der Waals surface area contributed by atoms with E-state index < -0.39 is 0 Å². The number of likely N-dealkylation sites (tertiary alicyclic amines) is 2. The van der Waals surface area contributed by atoms with Crippen LogP contribution in [0.15, 0.2) is 24.5 Å². The molecule has 3 saturated heterocycles. The number of hydrogen-bond acceptors (Lipinski definition) is 4. The molecule has 4 rings (SSSR count). The van der Waals surface area contributed by atoms with Crippen molar-refractivity contribution in [1.29, 1.82) is 0 Å². The van der Waals surface area contributed by atoms with Gasteiger partial charge in [0.25, 0.3) is 0 Å². The van der Waals surface area contributed by atoms with Crippen LogP contribution in [0.25, 0.3) is 0 Å². The van der Waals surface area contributed by atoms with E-state index in [2.05, 4.69) is 26.9 Å². The molecule has 3 fully saturated rings. The van der Waals surface area contributed by atoms with E-state index in [9.17, 15) is 0 Å². The third-order valence-electron chi connectivity index (χ3n) is 5.65. The van der Waals surface area contributed by atoms with Gasteiger partial charge in [0, 0.05) is 63.7 Å². The van der Waals surface area contributed by atoms with Gasteiger partial charge in [0.05, 0.1) is 0 Å². The number of aromatic nitrogens is 1. The van der Waals surface area contributed by atoms with Crippen molar-refractivity contribution >= 4 is 0 Å². The molecule has 1 aromatic heterocycles. The molecule has 0 unspecified atom stereocenters. The van der Waals surface area contributed by atoms with Crippen molar-refractivity contribution in [1.82, 2.24) is 14.8 Å². The molecule has 0 bridgehead atoms. The Labute approximate surface area is 133 Å². The molecule has 0 radical (unpaired) electrons. The Morgan fingerprint density at radius 3 is 2.59 bits per heavy atom. The predicted octanol–water partition coefficient (Wildman–Crippen LogP) is 2.02. The molecule has 4 heterocycles. The maximum atomic E-state index is 5.47. The van der Waals surface area contributed by atoms with Crippen LogP contribution in [0.1, 0.15) is 24.8 Å². The minimum absolute atomic E-state index is 0.595. The lowest BCUT2D eigenvalue weighted by molar-refractivity contribution is -0.0211. The van der Waals surface area contributed by atoms with Gasteiger partial charge in [-0.05, 0) is 49.4 Å². The Hall–Kier alpha value is -0.970. The van der Waals surface area contributed by atoms with Crippen molar-refractivity contribution in [2.45, 2.75) is 25.8 Å². The Kier molecular flexibility index (Phi) is 4.16. The molecule has 0 saturated carbocycles. The van der Waals surface area contributed by atoms with Gasteiger partial charge in [-0.3, -0.25) is 9.88 Å². The lowest BCUT2D eigenvalue weighted by Crippen LogP contribution is -2.58. The van der Waals surface area contributed by atoms with Crippen LogP contribution < -0.4 is 0 Å². The summed E-state index contributed by atoms with van der Waals surface area (Å²) in [4.78, 5) is 9.42. The average Bonchev–Trinajstić information content (AvgIpc) is 2.93. The summed E-state index contributed by atoms with van der Waals surface area (Å²) in [5, 5.41) is 0. The maximum absolute atomic E-state index is 5.47. The zero-order valence-electron chi connectivity index (χ0n) is 13.4. The minimum atomic E-state index is 0.595. The van der Waals surface area contributed by atoms with Crippen LogP contribution in [0.4, 0.5) is 0 Å². The number of rotatable bonds is 4. The first kappa shape index (κ1) is 14.6. The van der Waals surface area contributed by atoms with Crippen molar-refractivity contribution in [2.24, 2.45) is 11.3 Å². The molecule has 0 aliphatic carbocycles. The van der Waals surface area contributed by atoms with Crippen LogP contribution >= 0.6 is 0 Å². The highest BCUT2D eigenvalue weighted by atomic mass is 16.5. The van der Waals surface area contributed by atoms with Crippen molar-refractivity contribution in [3.63, 3.8) is 0 Å². The van der Waals surface area contributed by atoms with E-state index in [0.29, 0.717) is 5.41 Å². The molecule has 22 heavy (non-hydrogen) atoms. The first-order chi connectivity index (χ1) is 10.8. The van der Waals surface area contributed by atoms with Crippen LogP contribution in [0, 0.1) is 11.3 Å². The largest absolute Gasteiger partial charge is 0.381 e. The van der Waals surface area contributed by atoms with Gasteiger partial charge in [0.1, 0.15) is 0 Å². The van der Waals surface area contributed by atoms with Gasteiger partial charge in [0.2, 0.25) is 0 Å². The highest BCUT2D eigenvalue weighted by Crippen LogP contribution is 2.40. The third-order valence-corrected chi connectivity index (χ3v) is 5.65. The summed E-state index contributed by atoms with van der Waals surface area (Å²) < 4.78 is 5.47. The monoisotopic (exact) mass is 301 g/mol. The fourth-order valence-corrected chi connectivity index (χ4v) is 4.49.